The Hall–Kier alpha value is -1.09. The van der Waals surface area contributed by atoms with Crippen LogP contribution < -0.4 is 5.32 Å². The minimum absolute atomic E-state index is 0.444. The van der Waals surface area contributed by atoms with Crippen LogP contribution in [-0.4, -0.2) is 22.4 Å². The van der Waals surface area contributed by atoms with E-state index in [2.05, 4.69) is 50.4 Å². The van der Waals surface area contributed by atoms with Gasteiger partial charge in [0.2, 0.25) is 0 Å². The zero-order valence-electron chi connectivity index (χ0n) is 10.1. The molecule has 1 N–H and O–H groups in total. The van der Waals surface area contributed by atoms with Gasteiger partial charge in [0.25, 0.3) is 0 Å². The molecule has 0 aliphatic rings. The summed E-state index contributed by atoms with van der Waals surface area (Å²) in [7, 11) is 0. The van der Waals surface area contributed by atoms with E-state index in [1.165, 1.54) is 11.1 Å². The van der Waals surface area contributed by atoms with Crippen LogP contribution >= 0.6 is 0 Å². The second-order valence-electron chi connectivity index (χ2n) is 4.33. The zero-order chi connectivity index (χ0) is 11.3. The molecule has 0 amide bonds. The first kappa shape index (κ1) is 12.0. The Kier molecular flexibility index (Phi) is 4.56. The molecule has 1 atom stereocenters. The Morgan fingerprint density at radius 3 is 2.87 bits per heavy atom. The van der Waals surface area contributed by atoms with Crippen molar-refractivity contribution in [1.82, 2.24) is 15.1 Å². The Labute approximate surface area is 92.2 Å². The highest BCUT2D eigenvalue weighted by Crippen LogP contribution is 1.96. The van der Waals surface area contributed by atoms with Crippen molar-refractivity contribution in [2.45, 2.75) is 40.3 Å². The molecule has 0 aliphatic carbocycles. The standard InChI is InChI=1S/C12H21N3/c1-10(2)5-6-13-12(4)9-15-8-11(3)7-14-15/h5,7-8,12-13H,6,9H2,1-4H3. The molecule has 0 spiro atoms. The van der Waals surface area contributed by atoms with E-state index in [4.69, 9.17) is 0 Å². The van der Waals surface area contributed by atoms with E-state index in [-0.39, 0.29) is 0 Å². The molecule has 1 aromatic heterocycles. The molecule has 0 bridgehead atoms. The van der Waals surface area contributed by atoms with E-state index in [9.17, 15) is 0 Å². The fourth-order valence-corrected chi connectivity index (χ4v) is 1.38. The van der Waals surface area contributed by atoms with Gasteiger partial charge in [0, 0.05) is 18.8 Å². The van der Waals surface area contributed by atoms with Crippen LogP contribution in [0.15, 0.2) is 24.0 Å². The third kappa shape index (κ3) is 4.79. The molecule has 1 aromatic rings. The fraction of sp³-hybridized carbons (Fsp3) is 0.583. The van der Waals surface area contributed by atoms with Crippen LogP contribution in [0.4, 0.5) is 0 Å². The lowest BCUT2D eigenvalue weighted by molar-refractivity contribution is 0.468. The maximum Gasteiger partial charge on any atom is 0.0560 e. The van der Waals surface area contributed by atoms with E-state index < -0.39 is 0 Å². The zero-order valence-corrected chi connectivity index (χ0v) is 10.1. The Morgan fingerprint density at radius 1 is 1.60 bits per heavy atom. The van der Waals surface area contributed by atoms with Crippen molar-refractivity contribution in [3.63, 3.8) is 0 Å². The minimum atomic E-state index is 0.444. The van der Waals surface area contributed by atoms with E-state index >= 15 is 0 Å². The fourth-order valence-electron chi connectivity index (χ4n) is 1.38. The average molecular weight is 207 g/mol. The minimum Gasteiger partial charge on any atom is -0.309 e. The highest BCUT2D eigenvalue weighted by Gasteiger charge is 2.01. The van der Waals surface area contributed by atoms with Gasteiger partial charge in [-0.1, -0.05) is 11.6 Å². The first-order valence-electron chi connectivity index (χ1n) is 5.43. The summed E-state index contributed by atoms with van der Waals surface area (Å²) in [4.78, 5) is 0. The number of nitrogens with one attached hydrogen (secondary N) is 1. The van der Waals surface area contributed by atoms with Crippen molar-refractivity contribution >= 4 is 0 Å². The van der Waals surface area contributed by atoms with E-state index in [1.54, 1.807) is 0 Å². The predicted molar refractivity (Wildman–Crippen MR) is 63.9 cm³/mol. The number of rotatable bonds is 5. The molecule has 0 aromatic carbocycles. The average Bonchev–Trinajstić information content (AvgIpc) is 2.50. The molecular formula is C12H21N3. The maximum atomic E-state index is 4.26. The van der Waals surface area contributed by atoms with Crippen molar-refractivity contribution < 1.29 is 0 Å². The first-order chi connectivity index (χ1) is 7.08. The van der Waals surface area contributed by atoms with E-state index in [0.717, 1.165) is 13.1 Å². The van der Waals surface area contributed by atoms with Gasteiger partial charge in [-0.05, 0) is 33.3 Å². The lowest BCUT2D eigenvalue weighted by Crippen LogP contribution is -2.30. The number of allylic oxidation sites excluding steroid dienone is 1. The summed E-state index contributed by atoms with van der Waals surface area (Å²) in [5.74, 6) is 0. The molecule has 3 nitrogen and oxygen atoms in total. The Balaban J connectivity index is 2.30. The highest BCUT2D eigenvalue weighted by atomic mass is 15.3. The van der Waals surface area contributed by atoms with Crippen molar-refractivity contribution in [3.8, 4) is 0 Å². The number of hydrogen-bond donors (Lipinski definition) is 1. The van der Waals surface area contributed by atoms with E-state index in [1.807, 2.05) is 10.9 Å². The molecular weight excluding hydrogens is 186 g/mol. The van der Waals surface area contributed by atoms with Crippen LogP contribution in [0.2, 0.25) is 0 Å². The van der Waals surface area contributed by atoms with Gasteiger partial charge in [-0.25, -0.2) is 0 Å². The molecule has 0 fully saturated rings. The summed E-state index contributed by atoms with van der Waals surface area (Å²) in [6, 6.07) is 0.444. The van der Waals surface area contributed by atoms with Crippen molar-refractivity contribution in [2.24, 2.45) is 0 Å². The number of aromatic nitrogens is 2. The molecule has 0 saturated heterocycles. The number of nitrogens with zero attached hydrogens (tertiary/aromatic N) is 2. The summed E-state index contributed by atoms with van der Waals surface area (Å²) < 4.78 is 1.98. The summed E-state index contributed by atoms with van der Waals surface area (Å²) >= 11 is 0. The lowest BCUT2D eigenvalue weighted by Gasteiger charge is -2.12. The predicted octanol–water partition coefficient (Wildman–Crippen LogP) is 2.14. The van der Waals surface area contributed by atoms with Gasteiger partial charge in [0.15, 0.2) is 0 Å². The second-order valence-corrected chi connectivity index (χ2v) is 4.33. The molecule has 0 radical (unpaired) electrons. The van der Waals surface area contributed by atoms with Crippen LogP contribution in [0.1, 0.15) is 26.3 Å². The lowest BCUT2D eigenvalue weighted by atomic mass is 10.3. The summed E-state index contributed by atoms with van der Waals surface area (Å²) in [5, 5.41) is 7.69. The van der Waals surface area contributed by atoms with Gasteiger partial charge in [-0.2, -0.15) is 5.10 Å². The van der Waals surface area contributed by atoms with Crippen LogP contribution in [0.25, 0.3) is 0 Å². The third-order valence-electron chi connectivity index (χ3n) is 2.20. The molecule has 1 heterocycles. The van der Waals surface area contributed by atoms with Gasteiger partial charge in [0.05, 0.1) is 12.7 Å². The normalized spacial score (nSPS) is 12.5. The summed E-state index contributed by atoms with van der Waals surface area (Å²) in [5.41, 5.74) is 2.57. The molecule has 1 rings (SSSR count). The Morgan fingerprint density at radius 2 is 2.33 bits per heavy atom. The van der Waals surface area contributed by atoms with Gasteiger partial charge in [-0.15, -0.1) is 0 Å². The monoisotopic (exact) mass is 207 g/mol. The maximum absolute atomic E-state index is 4.26. The molecule has 1 unspecified atom stereocenters. The van der Waals surface area contributed by atoms with Gasteiger partial charge >= 0.3 is 0 Å². The van der Waals surface area contributed by atoms with Crippen molar-refractivity contribution in [3.05, 3.63) is 29.6 Å². The van der Waals surface area contributed by atoms with Gasteiger partial charge < -0.3 is 5.32 Å². The van der Waals surface area contributed by atoms with Crippen molar-refractivity contribution in [2.75, 3.05) is 6.54 Å². The van der Waals surface area contributed by atoms with E-state index in [0.29, 0.717) is 6.04 Å². The second kappa shape index (κ2) is 5.71. The highest BCUT2D eigenvalue weighted by molar-refractivity contribution is 4.99. The van der Waals surface area contributed by atoms with Crippen molar-refractivity contribution in [1.29, 1.82) is 0 Å². The molecule has 0 aliphatic heterocycles. The van der Waals surface area contributed by atoms with Crippen LogP contribution in [0.3, 0.4) is 0 Å². The quantitative estimate of drug-likeness (QED) is 0.750. The molecule has 84 valence electrons. The molecule has 0 saturated carbocycles. The van der Waals surface area contributed by atoms with Gasteiger partial charge in [-0.3, -0.25) is 4.68 Å². The number of hydrogen-bond acceptors (Lipinski definition) is 2. The number of aryl methyl sites for hydroxylation is 1. The van der Waals surface area contributed by atoms with Crippen LogP contribution in [-0.2, 0) is 6.54 Å². The van der Waals surface area contributed by atoms with Gasteiger partial charge in [0.1, 0.15) is 0 Å². The summed E-state index contributed by atoms with van der Waals surface area (Å²) in [6.07, 6.45) is 6.16. The van der Waals surface area contributed by atoms with Crippen LogP contribution in [0.5, 0.6) is 0 Å². The Bertz CT molecular complexity index is 321. The van der Waals surface area contributed by atoms with Crippen LogP contribution in [0, 0.1) is 6.92 Å². The molecule has 15 heavy (non-hydrogen) atoms. The SMILES string of the molecule is CC(C)=CCNC(C)Cn1cc(C)cn1. The third-order valence-corrected chi connectivity index (χ3v) is 2.20. The first-order valence-corrected chi connectivity index (χ1v) is 5.43. The molecule has 3 heteroatoms. The smallest absolute Gasteiger partial charge is 0.0560 e. The largest absolute Gasteiger partial charge is 0.309 e. The summed E-state index contributed by atoms with van der Waals surface area (Å²) in [6.45, 7) is 10.3. The topological polar surface area (TPSA) is 29.9 Å².